The molecule has 1 aromatic heterocycles. The largest absolute Gasteiger partial charge is 0.417 e. The lowest BCUT2D eigenvalue weighted by atomic mass is 10.0. The minimum Gasteiger partial charge on any atom is -0.330 e. The summed E-state index contributed by atoms with van der Waals surface area (Å²) in [6.07, 6.45) is -3.13. The molecule has 1 atom stereocenters. The topological polar surface area (TPSA) is 60.5 Å². The Balaban J connectivity index is 1.62. The van der Waals surface area contributed by atoms with Gasteiger partial charge in [0.05, 0.1) is 39.8 Å². The van der Waals surface area contributed by atoms with Crippen molar-refractivity contribution in [1.29, 1.82) is 0 Å². The van der Waals surface area contributed by atoms with Gasteiger partial charge in [-0.15, -0.1) is 5.53 Å². The van der Waals surface area contributed by atoms with Crippen LogP contribution in [-0.4, -0.2) is 28.4 Å². The molecule has 6 nitrogen and oxygen atoms in total. The Morgan fingerprint density at radius 3 is 2.74 bits per heavy atom. The molecule has 4 rings (SSSR count). The summed E-state index contributed by atoms with van der Waals surface area (Å²) < 4.78 is 53.1. The summed E-state index contributed by atoms with van der Waals surface area (Å²) in [7, 11) is 0. The highest BCUT2D eigenvalue weighted by atomic mass is 35.5. The van der Waals surface area contributed by atoms with Gasteiger partial charge in [-0.1, -0.05) is 17.7 Å². The van der Waals surface area contributed by atoms with E-state index in [4.69, 9.17) is 11.6 Å². The number of nitrogens with one attached hydrogen (secondary N) is 2. The first-order valence-electron chi connectivity index (χ1n) is 9.43. The number of alkyl halides is 3. The zero-order valence-corrected chi connectivity index (χ0v) is 17.3. The smallest absolute Gasteiger partial charge is 0.330 e. The lowest BCUT2D eigenvalue weighted by Crippen LogP contribution is -2.46. The molecule has 0 aliphatic carbocycles. The van der Waals surface area contributed by atoms with Crippen molar-refractivity contribution in [3.8, 4) is 0 Å². The number of carbonyl (C=O) groups is 1. The molecule has 3 heterocycles. The Morgan fingerprint density at radius 2 is 2.06 bits per heavy atom. The highest BCUT2D eigenvalue weighted by Crippen LogP contribution is 2.37. The number of anilines is 1. The minimum atomic E-state index is -4.66. The van der Waals surface area contributed by atoms with Crippen molar-refractivity contribution in [3.63, 3.8) is 0 Å². The van der Waals surface area contributed by atoms with Gasteiger partial charge in [-0.2, -0.15) is 13.2 Å². The number of aromatic nitrogens is 1. The maximum Gasteiger partial charge on any atom is 0.417 e. The SMILES string of the molecule is Cc1cc(N2NNC3=C2CCN(C(=O)c2cccc(C(F)(F)F)c2Cl)C3C)ncc1F. The summed E-state index contributed by atoms with van der Waals surface area (Å²) in [5.74, 6) is -0.535. The van der Waals surface area contributed by atoms with Gasteiger partial charge in [0.25, 0.3) is 5.91 Å². The molecular weight excluding hydrogens is 438 g/mol. The number of nitrogens with zero attached hydrogens (tertiary/aromatic N) is 3. The van der Waals surface area contributed by atoms with Gasteiger partial charge in [0.2, 0.25) is 0 Å². The van der Waals surface area contributed by atoms with E-state index in [2.05, 4.69) is 15.9 Å². The van der Waals surface area contributed by atoms with Crippen molar-refractivity contribution in [2.45, 2.75) is 32.5 Å². The monoisotopic (exact) mass is 455 g/mol. The lowest BCUT2D eigenvalue weighted by Gasteiger charge is -2.35. The fraction of sp³-hybridized carbons (Fsp3) is 0.300. The van der Waals surface area contributed by atoms with Crippen LogP contribution < -0.4 is 16.0 Å². The third-order valence-electron chi connectivity index (χ3n) is 5.41. The number of hydrazine groups is 2. The number of pyridine rings is 1. The van der Waals surface area contributed by atoms with Gasteiger partial charge in [-0.25, -0.2) is 14.4 Å². The molecule has 164 valence electrons. The van der Waals surface area contributed by atoms with Crippen molar-refractivity contribution >= 4 is 23.3 Å². The molecule has 31 heavy (non-hydrogen) atoms. The summed E-state index contributed by atoms with van der Waals surface area (Å²) in [4.78, 5) is 18.6. The Bertz CT molecular complexity index is 1090. The van der Waals surface area contributed by atoms with Crippen LogP contribution >= 0.6 is 11.6 Å². The first-order valence-corrected chi connectivity index (χ1v) is 9.81. The van der Waals surface area contributed by atoms with Crippen LogP contribution in [0.4, 0.5) is 23.4 Å². The maximum absolute atomic E-state index is 13.6. The van der Waals surface area contributed by atoms with E-state index in [1.165, 1.54) is 17.0 Å². The van der Waals surface area contributed by atoms with Gasteiger partial charge < -0.3 is 10.3 Å². The molecule has 2 aliphatic heterocycles. The molecule has 0 saturated heterocycles. The number of benzene rings is 1. The molecule has 0 bridgehead atoms. The van der Waals surface area contributed by atoms with Gasteiger partial charge in [0.1, 0.15) is 11.6 Å². The fourth-order valence-corrected chi connectivity index (χ4v) is 4.05. The molecule has 0 spiro atoms. The minimum absolute atomic E-state index is 0.203. The predicted molar refractivity (Wildman–Crippen MR) is 106 cm³/mol. The van der Waals surface area contributed by atoms with Crippen molar-refractivity contribution in [2.24, 2.45) is 0 Å². The molecule has 1 aromatic carbocycles. The van der Waals surface area contributed by atoms with E-state index in [1.807, 2.05) is 0 Å². The van der Waals surface area contributed by atoms with Crippen LogP contribution in [0.5, 0.6) is 0 Å². The van der Waals surface area contributed by atoms with Crippen LogP contribution in [0.25, 0.3) is 0 Å². The van der Waals surface area contributed by atoms with Crippen molar-refractivity contribution in [3.05, 3.63) is 69.4 Å². The van der Waals surface area contributed by atoms with E-state index >= 15 is 0 Å². The van der Waals surface area contributed by atoms with Gasteiger partial charge >= 0.3 is 6.18 Å². The standard InChI is InChI=1S/C20H18ClF4N5O/c1-10-8-16(26-9-14(10)22)30-15-6-7-29(11(2)18(15)27-28-30)19(31)12-4-3-5-13(17(12)21)20(23,24)25/h3-5,8-9,11,27-28H,6-7H2,1-2H3. The van der Waals surface area contributed by atoms with E-state index in [9.17, 15) is 22.4 Å². The van der Waals surface area contributed by atoms with Crippen LogP contribution in [0.1, 0.15) is 34.8 Å². The molecule has 0 saturated carbocycles. The third-order valence-corrected chi connectivity index (χ3v) is 5.82. The second kappa shape index (κ2) is 7.69. The molecule has 1 amide bonds. The number of halogens is 5. The highest BCUT2D eigenvalue weighted by molar-refractivity contribution is 6.34. The van der Waals surface area contributed by atoms with Crippen LogP contribution in [0.3, 0.4) is 0 Å². The van der Waals surface area contributed by atoms with Gasteiger partial charge in [0.15, 0.2) is 0 Å². The summed E-state index contributed by atoms with van der Waals surface area (Å²) in [5.41, 5.74) is 6.60. The molecule has 0 fully saturated rings. The predicted octanol–water partition coefficient (Wildman–Crippen LogP) is 4.18. The Morgan fingerprint density at radius 1 is 1.32 bits per heavy atom. The van der Waals surface area contributed by atoms with E-state index in [0.29, 0.717) is 23.5 Å². The third kappa shape index (κ3) is 3.70. The number of hydrogen-bond acceptors (Lipinski definition) is 5. The number of hydrogen-bond donors (Lipinski definition) is 2. The number of carbonyl (C=O) groups excluding carboxylic acids is 1. The summed E-state index contributed by atoms with van der Waals surface area (Å²) in [5, 5.41) is 1.05. The first-order chi connectivity index (χ1) is 14.6. The average molecular weight is 456 g/mol. The van der Waals surface area contributed by atoms with Gasteiger partial charge in [0, 0.05) is 13.0 Å². The second-order valence-corrected chi connectivity index (χ2v) is 7.69. The van der Waals surface area contributed by atoms with E-state index in [1.54, 1.807) is 24.9 Å². The lowest BCUT2D eigenvalue weighted by molar-refractivity contribution is -0.137. The van der Waals surface area contributed by atoms with Crippen LogP contribution in [0, 0.1) is 12.7 Å². The molecule has 0 radical (unpaired) electrons. The first kappa shape index (κ1) is 21.4. The molecule has 11 heteroatoms. The van der Waals surface area contributed by atoms with E-state index < -0.39 is 34.5 Å². The van der Waals surface area contributed by atoms with Crippen molar-refractivity contribution < 1.29 is 22.4 Å². The normalized spacial score (nSPS) is 18.9. The molecular formula is C20H18ClF4N5O. The van der Waals surface area contributed by atoms with E-state index in [-0.39, 0.29) is 12.1 Å². The molecule has 2 N–H and O–H groups in total. The fourth-order valence-electron chi connectivity index (χ4n) is 3.73. The summed E-state index contributed by atoms with van der Waals surface area (Å²) in [6, 6.07) is 4.41. The highest BCUT2D eigenvalue weighted by Gasteiger charge is 2.39. The average Bonchev–Trinajstić information content (AvgIpc) is 3.14. The number of rotatable bonds is 2. The zero-order chi connectivity index (χ0) is 22.5. The summed E-state index contributed by atoms with van der Waals surface area (Å²) in [6.45, 7) is 3.64. The van der Waals surface area contributed by atoms with Crippen LogP contribution in [0.15, 0.2) is 41.9 Å². The molecule has 1 unspecified atom stereocenters. The van der Waals surface area contributed by atoms with Crippen molar-refractivity contribution in [1.82, 2.24) is 20.8 Å². The van der Waals surface area contributed by atoms with Gasteiger partial charge in [-0.3, -0.25) is 4.79 Å². The Kier molecular flexibility index (Phi) is 5.30. The molecule has 2 aromatic rings. The van der Waals surface area contributed by atoms with E-state index in [0.717, 1.165) is 18.0 Å². The number of aryl methyl sites for hydroxylation is 1. The maximum atomic E-state index is 13.6. The quantitative estimate of drug-likeness (QED) is 0.665. The van der Waals surface area contributed by atoms with Crippen LogP contribution in [-0.2, 0) is 6.18 Å². The van der Waals surface area contributed by atoms with Gasteiger partial charge in [-0.05, 0) is 37.6 Å². The Labute approximate surface area is 180 Å². The van der Waals surface area contributed by atoms with Crippen molar-refractivity contribution in [2.75, 3.05) is 11.6 Å². The van der Waals surface area contributed by atoms with Crippen LogP contribution in [0.2, 0.25) is 5.02 Å². The Hall–Kier alpha value is -2.85. The summed E-state index contributed by atoms with van der Waals surface area (Å²) >= 11 is 5.94. The number of amides is 1. The molecule has 2 aliphatic rings. The zero-order valence-electron chi connectivity index (χ0n) is 16.5. The second-order valence-electron chi connectivity index (χ2n) is 7.31.